The zero-order valence-electron chi connectivity index (χ0n) is 20.6. The summed E-state index contributed by atoms with van der Waals surface area (Å²) >= 11 is 0. The first kappa shape index (κ1) is 25.4. The number of carbonyl (C=O) groups is 1. The van der Waals surface area contributed by atoms with E-state index in [1.807, 2.05) is 30.3 Å². The molecule has 2 heterocycles. The molecule has 188 valence electrons. The number of rotatable bonds is 8. The Balaban J connectivity index is 1.62. The summed E-state index contributed by atoms with van der Waals surface area (Å²) in [6.45, 7) is 6.89. The van der Waals surface area contributed by atoms with E-state index in [0.29, 0.717) is 37.2 Å². The fourth-order valence-electron chi connectivity index (χ4n) is 4.86. The zero-order valence-corrected chi connectivity index (χ0v) is 21.4. The van der Waals surface area contributed by atoms with Crippen LogP contribution >= 0.6 is 0 Å². The third kappa shape index (κ3) is 5.77. The number of aryl methyl sites for hydroxylation is 1. The average Bonchev–Trinajstić information content (AvgIpc) is 3.30. The number of amides is 1. The van der Waals surface area contributed by atoms with E-state index in [2.05, 4.69) is 16.6 Å². The SMILES string of the molecule is CC1CCN(C(=O)C(CCc2ccccc2C(C)(C)O)NS(=O)(=O)c2cccc3[nH]ccc23)CC1. The van der Waals surface area contributed by atoms with Crippen LogP contribution in [0.25, 0.3) is 10.9 Å². The Morgan fingerprint density at radius 3 is 2.57 bits per heavy atom. The summed E-state index contributed by atoms with van der Waals surface area (Å²) in [5.41, 5.74) is 1.36. The van der Waals surface area contributed by atoms with Crippen molar-refractivity contribution in [1.29, 1.82) is 0 Å². The second kappa shape index (κ2) is 10.1. The van der Waals surface area contributed by atoms with E-state index in [-0.39, 0.29) is 10.8 Å². The van der Waals surface area contributed by atoms with E-state index in [1.54, 1.807) is 43.1 Å². The predicted octanol–water partition coefficient (Wildman–Crippen LogP) is 3.93. The van der Waals surface area contributed by atoms with Gasteiger partial charge in [0.25, 0.3) is 0 Å². The van der Waals surface area contributed by atoms with Gasteiger partial charge in [-0.1, -0.05) is 37.3 Å². The van der Waals surface area contributed by atoms with E-state index >= 15 is 0 Å². The first-order valence-electron chi connectivity index (χ1n) is 12.2. The predicted molar refractivity (Wildman–Crippen MR) is 137 cm³/mol. The standard InChI is InChI=1S/C27H35N3O4S/c1-19-14-17-30(18-15-19)26(31)24(12-11-20-7-4-5-8-22(20)27(2,3)32)29-35(33,34)25-10-6-9-23-21(25)13-16-28-23/h4-10,13,16,19,24,28-29,32H,11-12,14-15,17-18H2,1-3H3. The second-order valence-electron chi connectivity index (χ2n) is 10.1. The number of aromatic nitrogens is 1. The lowest BCUT2D eigenvalue weighted by Gasteiger charge is -2.33. The van der Waals surface area contributed by atoms with Gasteiger partial charge >= 0.3 is 0 Å². The summed E-state index contributed by atoms with van der Waals surface area (Å²) in [4.78, 5) is 18.5. The van der Waals surface area contributed by atoms with Crippen molar-refractivity contribution in [1.82, 2.24) is 14.6 Å². The molecule has 1 amide bonds. The Kier molecular flexibility index (Phi) is 7.35. The highest BCUT2D eigenvalue weighted by Gasteiger charge is 2.32. The van der Waals surface area contributed by atoms with Gasteiger partial charge in [-0.05, 0) is 74.8 Å². The third-order valence-electron chi connectivity index (χ3n) is 6.91. The van der Waals surface area contributed by atoms with E-state index in [9.17, 15) is 18.3 Å². The van der Waals surface area contributed by atoms with Gasteiger partial charge in [0.1, 0.15) is 6.04 Å². The number of aromatic amines is 1. The van der Waals surface area contributed by atoms with Gasteiger partial charge in [-0.25, -0.2) is 8.42 Å². The van der Waals surface area contributed by atoms with Crippen LogP contribution in [0, 0.1) is 5.92 Å². The van der Waals surface area contributed by atoms with Gasteiger partial charge in [-0.15, -0.1) is 0 Å². The van der Waals surface area contributed by atoms with Gasteiger partial charge in [-0.2, -0.15) is 4.72 Å². The Morgan fingerprint density at radius 1 is 1.14 bits per heavy atom. The van der Waals surface area contributed by atoms with Gasteiger partial charge in [0.05, 0.1) is 10.5 Å². The maximum Gasteiger partial charge on any atom is 0.241 e. The molecule has 0 spiro atoms. The lowest BCUT2D eigenvalue weighted by molar-refractivity contribution is -0.134. The maximum atomic E-state index is 13.6. The highest BCUT2D eigenvalue weighted by Crippen LogP contribution is 2.27. The highest BCUT2D eigenvalue weighted by atomic mass is 32.2. The van der Waals surface area contributed by atoms with Crippen molar-refractivity contribution in [2.45, 2.75) is 63.0 Å². The van der Waals surface area contributed by atoms with Crippen molar-refractivity contribution < 1.29 is 18.3 Å². The topological polar surface area (TPSA) is 102 Å². The minimum atomic E-state index is -3.96. The van der Waals surface area contributed by atoms with Gasteiger partial charge in [0.2, 0.25) is 15.9 Å². The molecule has 1 fully saturated rings. The summed E-state index contributed by atoms with van der Waals surface area (Å²) < 4.78 is 29.7. The molecule has 0 saturated carbocycles. The average molecular weight is 498 g/mol. The van der Waals surface area contributed by atoms with Crippen molar-refractivity contribution in [2.75, 3.05) is 13.1 Å². The van der Waals surface area contributed by atoms with Gasteiger partial charge in [0, 0.05) is 30.2 Å². The number of H-pyrrole nitrogens is 1. The molecule has 8 heteroatoms. The molecule has 1 aliphatic heterocycles. The number of aliphatic hydroxyl groups is 1. The van der Waals surface area contributed by atoms with Crippen molar-refractivity contribution in [3.63, 3.8) is 0 Å². The Morgan fingerprint density at radius 2 is 1.86 bits per heavy atom. The highest BCUT2D eigenvalue weighted by molar-refractivity contribution is 7.89. The molecule has 35 heavy (non-hydrogen) atoms. The number of nitrogens with one attached hydrogen (secondary N) is 2. The summed E-state index contributed by atoms with van der Waals surface area (Å²) in [5, 5.41) is 11.2. The minimum absolute atomic E-state index is 0.151. The molecule has 4 rings (SSSR count). The van der Waals surface area contributed by atoms with Gasteiger partial charge in [-0.3, -0.25) is 4.79 Å². The number of likely N-dealkylation sites (tertiary alicyclic amines) is 1. The smallest absolute Gasteiger partial charge is 0.241 e. The molecule has 3 N–H and O–H groups in total. The number of nitrogens with zero attached hydrogens (tertiary/aromatic N) is 1. The lowest BCUT2D eigenvalue weighted by atomic mass is 9.90. The van der Waals surface area contributed by atoms with E-state index < -0.39 is 21.7 Å². The number of sulfonamides is 1. The second-order valence-corrected chi connectivity index (χ2v) is 11.8. The third-order valence-corrected chi connectivity index (χ3v) is 8.44. The minimum Gasteiger partial charge on any atom is -0.386 e. The molecule has 1 aliphatic rings. The normalized spacial score (nSPS) is 16.5. The first-order chi connectivity index (χ1) is 16.6. The number of piperidine rings is 1. The maximum absolute atomic E-state index is 13.6. The van der Waals surface area contributed by atoms with Crippen molar-refractivity contribution >= 4 is 26.8 Å². The zero-order chi connectivity index (χ0) is 25.2. The molecule has 0 bridgehead atoms. The Bertz CT molecular complexity index is 1280. The van der Waals surface area contributed by atoms with Crippen LogP contribution in [-0.2, 0) is 26.8 Å². The Hall–Kier alpha value is -2.68. The molecule has 0 radical (unpaired) electrons. The molecule has 2 aromatic carbocycles. The van der Waals surface area contributed by atoms with Crippen molar-refractivity contribution in [2.24, 2.45) is 5.92 Å². The number of hydrogen-bond acceptors (Lipinski definition) is 4. The summed E-state index contributed by atoms with van der Waals surface area (Å²) in [6.07, 6.45) is 4.28. The summed E-state index contributed by atoms with van der Waals surface area (Å²) in [5.74, 6) is 0.363. The molecule has 1 saturated heterocycles. The monoisotopic (exact) mass is 497 g/mol. The fourth-order valence-corrected chi connectivity index (χ4v) is 6.30. The van der Waals surface area contributed by atoms with Crippen LogP contribution in [0.1, 0.15) is 51.2 Å². The van der Waals surface area contributed by atoms with E-state index in [4.69, 9.17) is 0 Å². The van der Waals surface area contributed by atoms with Crippen LogP contribution in [0.15, 0.2) is 59.6 Å². The number of carbonyl (C=O) groups excluding carboxylic acids is 1. The molecule has 0 aliphatic carbocycles. The van der Waals surface area contributed by atoms with Gasteiger partial charge in [0.15, 0.2) is 0 Å². The van der Waals surface area contributed by atoms with Gasteiger partial charge < -0.3 is 15.0 Å². The quantitative estimate of drug-likeness (QED) is 0.439. The van der Waals surface area contributed by atoms with Crippen LogP contribution in [0.3, 0.4) is 0 Å². The summed E-state index contributed by atoms with van der Waals surface area (Å²) in [7, 11) is -3.96. The molecular weight excluding hydrogens is 462 g/mol. The van der Waals surface area contributed by atoms with Crippen molar-refractivity contribution in [3.8, 4) is 0 Å². The van der Waals surface area contributed by atoms with Crippen LogP contribution in [0.4, 0.5) is 0 Å². The van der Waals surface area contributed by atoms with E-state index in [0.717, 1.165) is 29.5 Å². The van der Waals surface area contributed by atoms with Crippen molar-refractivity contribution in [3.05, 3.63) is 65.9 Å². The van der Waals surface area contributed by atoms with Crippen LogP contribution < -0.4 is 4.72 Å². The van der Waals surface area contributed by atoms with Crippen LogP contribution in [0.5, 0.6) is 0 Å². The number of benzene rings is 2. The van der Waals surface area contributed by atoms with Crippen LogP contribution in [0.2, 0.25) is 0 Å². The number of hydrogen-bond donors (Lipinski definition) is 3. The Labute approximate surface area is 207 Å². The first-order valence-corrected chi connectivity index (χ1v) is 13.7. The number of fused-ring (bicyclic) bond motifs is 1. The molecule has 1 atom stereocenters. The molecule has 1 aromatic heterocycles. The molecule has 3 aromatic rings. The molecule has 7 nitrogen and oxygen atoms in total. The lowest BCUT2D eigenvalue weighted by Crippen LogP contribution is -2.50. The largest absolute Gasteiger partial charge is 0.386 e. The molecule has 1 unspecified atom stereocenters. The summed E-state index contributed by atoms with van der Waals surface area (Å²) in [6, 6.07) is 13.5. The fraction of sp³-hybridized carbons (Fsp3) is 0.444. The van der Waals surface area contributed by atoms with E-state index in [1.165, 1.54) is 0 Å². The van der Waals surface area contributed by atoms with Crippen LogP contribution in [-0.4, -0.2) is 48.4 Å². The molecular formula is C27H35N3O4S.